The third-order valence-electron chi connectivity index (χ3n) is 4.58. The molecule has 0 unspecified atom stereocenters. The number of hydrogen-bond acceptors (Lipinski definition) is 3. The predicted octanol–water partition coefficient (Wildman–Crippen LogP) is 1.26. The molecule has 2 heterocycles. The highest BCUT2D eigenvalue weighted by Gasteiger charge is 2.28. The zero-order valence-electron chi connectivity index (χ0n) is 14.0. The second kappa shape index (κ2) is 6.51. The number of anilines is 1. The summed E-state index contributed by atoms with van der Waals surface area (Å²) < 4.78 is 0. The number of rotatable bonds is 2. The highest BCUT2D eigenvalue weighted by molar-refractivity contribution is 6.00. The molecule has 1 fully saturated rings. The standard InChI is InChI=1S/C17H22N4O3/c1-20(2)17(24)21-7-5-11(6-8-21)15(22)19-13-4-3-12-10-18-16(23)14(12)9-13/h3-4,9,11H,5-8,10H2,1-2H3,(H,18,23)(H,19,22). The smallest absolute Gasteiger partial charge is 0.319 e. The van der Waals surface area contributed by atoms with Gasteiger partial charge in [0.05, 0.1) is 0 Å². The number of amides is 4. The molecule has 128 valence electrons. The van der Waals surface area contributed by atoms with Gasteiger partial charge in [0.25, 0.3) is 5.91 Å². The van der Waals surface area contributed by atoms with Gasteiger partial charge in [-0.3, -0.25) is 9.59 Å². The Morgan fingerprint density at radius 2 is 1.96 bits per heavy atom. The molecule has 1 aromatic carbocycles. The van der Waals surface area contributed by atoms with Gasteiger partial charge in [0.15, 0.2) is 0 Å². The molecule has 0 bridgehead atoms. The topological polar surface area (TPSA) is 81.8 Å². The van der Waals surface area contributed by atoms with Crippen LogP contribution in [0.15, 0.2) is 18.2 Å². The SMILES string of the molecule is CN(C)C(=O)N1CCC(C(=O)Nc2ccc3c(c2)C(=O)NC3)CC1. The van der Waals surface area contributed by atoms with Crippen molar-refractivity contribution in [1.29, 1.82) is 0 Å². The van der Waals surface area contributed by atoms with Crippen molar-refractivity contribution in [1.82, 2.24) is 15.1 Å². The largest absolute Gasteiger partial charge is 0.348 e. The molecule has 24 heavy (non-hydrogen) atoms. The fraction of sp³-hybridized carbons (Fsp3) is 0.471. The maximum atomic E-state index is 12.4. The van der Waals surface area contributed by atoms with Crippen LogP contribution >= 0.6 is 0 Å². The molecule has 2 aliphatic heterocycles. The quantitative estimate of drug-likeness (QED) is 0.856. The van der Waals surface area contributed by atoms with E-state index in [4.69, 9.17) is 0 Å². The zero-order valence-corrected chi connectivity index (χ0v) is 14.0. The third kappa shape index (κ3) is 3.20. The van der Waals surface area contributed by atoms with Gasteiger partial charge in [0.2, 0.25) is 5.91 Å². The number of benzene rings is 1. The predicted molar refractivity (Wildman–Crippen MR) is 89.6 cm³/mol. The van der Waals surface area contributed by atoms with Crippen LogP contribution in [0.4, 0.5) is 10.5 Å². The van der Waals surface area contributed by atoms with Crippen molar-refractivity contribution in [2.45, 2.75) is 19.4 Å². The monoisotopic (exact) mass is 330 g/mol. The van der Waals surface area contributed by atoms with Gasteiger partial charge in [0.1, 0.15) is 0 Å². The summed E-state index contributed by atoms with van der Waals surface area (Å²) in [6.45, 7) is 1.71. The fourth-order valence-electron chi connectivity index (χ4n) is 3.15. The molecule has 0 radical (unpaired) electrons. The van der Waals surface area contributed by atoms with Crippen LogP contribution in [-0.4, -0.2) is 54.8 Å². The maximum absolute atomic E-state index is 12.4. The Kier molecular flexibility index (Phi) is 4.42. The number of urea groups is 1. The highest BCUT2D eigenvalue weighted by atomic mass is 16.2. The molecule has 2 N–H and O–H groups in total. The van der Waals surface area contributed by atoms with Crippen LogP contribution in [0.5, 0.6) is 0 Å². The first-order valence-corrected chi connectivity index (χ1v) is 8.14. The number of hydrogen-bond donors (Lipinski definition) is 2. The van der Waals surface area contributed by atoms with E-state index in [1.165, 1.54) is 0 Å². The van der Waals surface area contributed by atoms with E-state index in [1.54, 1.807) is 30.0 Å². The number of carbonyl (C=O) groups excluding carboxylic acids is 3. The minimum absolute atomic E-state index is 0.0153. The lowest BCUT2D eigenvalue weighted by molar-refractivity contribution is -0.121. The Bertz CT molecular complexity index is 678. The lowest BCUT2D eigenvalue weighted by atomic mass is 9.96. The van der Waals surface area contributed by atoms with Crippen molar-refractivity contribution >= 4 is 23.5 Å². The molecule has 0 saturated carbocycles. The van der Waals surface area contributed by atoms with Gasteiger partial charge in [-0.05, 0) is 30.5 Å². The van der Waals surface area contributed by atoms with E-state index in [0.717, 1.165) is 5.56 Å². The Hall–Kier alpha value is -2.57. The van der Waals surface area contributed by atoms with E-state index in [9.17, 15) is 14.4 Å². The zero-order chi connectivity index (χ0) is 17.3. The van der Waals surface area contributed by atoms with E-state index < -0.39 is 0 Å². The molecule has 1 saturated heterocycles. The lowest BCUT2D eigenvalue weighted by Gasteiger charge is -2.33. The first-order valence-electron chi connectivity index (χ1n) is 8.14. The van der Waals surface area contributed by atoms with Gasteiger partial charge >= 0.3 is 6.03 Å². The Morgan fingerprint density at radius 1 is 1.25 bits per heavy atom. The van der Waals surface area contributed by atoms with Crippen LogP contribution in [0, 0.1) is 5.92 Å². The van der Waals surface area contributed by atoms with E-state index in [2.05, 4.69) is 10.6 Å². The van der Waals surface area contributed by atoms with Crippen molar-refractivity contribution in [3.63, 3.8) is 0 Å². The maximum Gasteiger partial charge on any atom is 0.319 e. The number of nitrogens with zero attached hydrogens (tertiary/aromatic N) is 2. The van der Waals surface area contributed by atoms with E-state index in [0.29, 0.717) is 43.7 Å². The summed E-state index contributed by atoms with van der Waals surface area (Å²) in [6.07, 6.45) is 1.30. The molecule has 1 aromatic rings. The number of likely N-dealkylation sites (tertiary alicyclic amines) is 1. The summed E-state index contributed by atoms with van der Waals surface area (Å²) in [6, 6.07) is 5.39. The summed E-state index contributed by atoms with van der Waals surface area (Å²) in [5, 5.41) is 5.66. The molecule has 2 aliphatic rings. The van der Waals surface area contributed by atoms with Gasteiger partial charge in [-0.15, -0.1) is 0 Å². The van der Waals surface area contributed by atoms with Gasteiger partial charge in [-0.2, -0.15) is 0 Å². The van der Waals surface area contributed by atoms with Gasteiger partial charge < -0.3 is 20.4 Å². The molecular weight excluding hydrogens is 308 g/mol. The molecule has 3 rings (SSSR count). The van der Waals surface area contributed by atoms with E-state index in [-0.39, 0.29) is 23.8 Å². The van der Waals surface area contributed by atoms with E-state index in [1.807, 2.05) is 12.1 Å². The Labute approximate surface area is 141 Å². The lowest BCUT2D eigenvalue weighted by Crippen LogP contribution is -2.45. The van der Waals surface area contributed by atoms with Gasteiger partial charge in [0, 0.05) is 50.9 Å². The van der Waals surface area contributed by atoms with Crippen molar-refractivity contribution in [2.24, 2.45) is 5.92 Å². The first kappa shape index (κ1) is 16.3. The molecule has 4 amide bonds. The fourth-order valence-corrected chi connectivity index (χ4v) is 3.15. The number of piperidine rings is 1. The third-order valence-corrected chi connectivity index (χ3v) is 4.58. The molecule has 0 spiro atoms. The van der Waals surface area contributed by atoms with Crippen LogP contribution in [-0.2, 0) is 11.3 Å². The average Bonchev–Trinajstić information content (AvgIpc) is 2.95. The summed E-state index contributed by atoms with van der Waals surface area (Å²) in [5.74, 6) is -0.264. The molecular formula is C17H22N4O3. The van der Waals surface area contributed by atoms with Crippen molar-refractivity contribution in [2.75, 3.05) is 32.5 Å². The second-order valence-corrected chi connectivity index (χ2v) is 6.48. The normalized spacial score (nSPS) is 17.2. The van der Waals surface area contributed by atoms with Crippen LogP contribution in [0.1, 0.15) is 28.8 Å². The van der Waals surface area contributed by atoms with Crippen molar-refractivity contribution in [3.8, 4) is 0 Å². The minimum Gasteiger partial charge on any atom is -0.348 e. The van der Waals surface area contributed by atoms with E-state index >= 15 is 0 Å². The summed E-state index contributed by atoms with van der Waals surface area (Å²) in [7, 11) is 3.45. The summed E-state index contributed by atoms with van der Waals surface area (Å²) >= 11 is 0. The van der Waals surface area contributed by atoms with Crippen molar-refractivity contribution < 1.29 is 14.4 Å². The molecule has 0 aromatic heterocycles. The van der Waals surface area contributed by atoms with Crippen LogP contribution in [0.25, 0.3) is 0 Å². The van der Waals surface area contributed by atoms with Gasteiger partial charge in [-0.25, -0.2) is 4.79 Å². The number of nitrogens with one attached hydrogen (secondary N) is 2. The first-order chi connectivity index (χ1) is 11.5. The minimum atomic E-state index is -0.113. The van der Waals surface area contributed by atoms with Crippen molar-refractivity contribution in [3.05, 3.63) is 29.3 Å². The molecule has 7 heteroatoms. The summed E-state index contributed by atoms with van der Waals surface area (Å²) in [4.78, 5) is 39.4. The van der Waals surface area contributed by atoms with Crippen LogP contribution in [0.3, 0.4) is 0 Å². The number of carbonyl (C=O) groups is 3. The second-order valence-electron chi connectivity index (χ2n) is 6.48. The van der Waals surface area contributed by atoms with Gasteiger partial charge in [-0.1, -0.05) is 6.07 Å². The Balaban J connectivity index is 1.58. The average molecular weight is 330 g/mol. The number of fused-ring (bicyclic) bond motifs is 1. The summed E-state index contributed by atoms with van der Waals surface area (Å²) in [5.41, 5.74) is 2.22. The Morgan fingerprint density at radius 3 is 2.62 bits per heavy atom. The molecule has 7 nitrogen and oxygen atoms in total. The molecule has 0 aliphatic carbocycles. The van der Waals surface area contributed by atoms with Crippen LogP contribution in [0.2, 0.25) is 0 Å². The highest BCUT2D eigenvalue weighted by Crippen LogP contribution is 2.23. The molecule has 0 atom stereocenters. The van der Waals surface area contributed by atoms with Crippen LogP contribution < -0.4 is 10.6 Å².